The number of carbonyl (C=O) groups is 2. The summed E-state index contributed by atoms with van der Waals surface area (Å²) < 4.78 is 1.71. The van der Waals surface area contributed by atoms with Crippen molar-refractivity contribution in [3.05, 3.63) is 75.3 Å². The van der Waals surface area contributed by atoms with Crippen LogP contribution in [-0.4, -0.2) is 26.6 Å². The van der Waals surface area contributed by atoms with Gasteiger partial charge in [-0.3, -0.25) is 19.3 Å². The summed E-state index contributed by atoms with van der Waals surface area (Å²) in [6, 6.07) is 10.6. The molecule has 3 rings (SSSR count). The number of nitrogens with one attached hydrogen (secondary N) is 2. The quantitative estimate of drug-likeness (QED) is 0.604. The maximum absolute atomic E-state index is 12.3. The summed E-state index contributed by atoms with van der Waals surface area (Å²) in [5.41, 5.74) is 3.30. The predicted octanol–water partition coefficient (Wildman–Crippen LogP) is 3.50. The molecule has 7 nitrogen and oxygen atoms in total. The average Bonchev–Trinajstić information content (AvgIpc) is 2.96. The number of hydrogen-bond donors (Lipinski definition) is 2. The Balaban J connectivity index is 1.67. The smallest absolute Gasteiger partial charge is 0.313 e. The molecule has 0 spiro atoms. The minimum atomic E-state index is -0.767. The highest BCUT2D eigenvalue weighted by molar-refractivity contribution is 6.39. The molecular formula is C20H19Cl2N5O2. The van der Waals surface area contributed by atoms with E-state index in [1.165, 1.54) is 0 Å². The number of amides is 2. The SMILES string of the molecule is Cc1nn(Cc2ccc(Cl)cc2Cl)c(C)c1NC(=O)C(=O)NCc1ccccn1. The zero-order valence-corrected chi connectivity index (χ0v) is 17.4. The molecule has 1 aromatic carbocycles. The zero-order chi connectivity index (χ0) is 21.0. The van der Waals surface area contributed by atoms with E-state index >= 15 is 0 Å². The van der Waals surface area contributed by atoms with Crippen molar-refractivity contribution in [2.45, 2.75) is 26.9 Å². The van der Waals surface area contributed by atoms with E-state index in [4.69, 9.17) is 23.2 Å². The highest BCUT2D eigenvalue weighted by Crippen LogP contribution is 2.25. The van der Waals surface area contributed by atoms with E-state index < -0.39 is 11.8 Å². The molecule has 0 bridgehead atoms. The summed E-state index contributed by atoms with van der Waals surface area (Å²) in [5, 5.41) is 10.7. The van der Waals surface area contributed by atoms with Crippen LogP contribution in [0.15, 0.2) is 42.6 Å². The third-order valence-electron chi connectivity index (χ3n) is 4.32. The molecule has 2 N–H and O–H groups in total. The minimum absolute atomic E-state index is 0.166. The van der Waals surface area contributed by atoms with Crippen LogP contribution in [0.5, 0.6) is 0 Å². The van der Waals surface area contributed by atoms with Crippen molar-refractivity contribution in [2.75, 3.05) is 5.32 Å². The fourth-order valence-corrected chi connectivity index (χ4v) is 3.24. The van der Waals surface area contributed by atoms with Gasteiger partial charge in [-0.15, -0.1) is 0 Å². The molecule has 29 heavy (non-hydrogen) atoms. The van der Waals surface area contributed by atoms with Crippen molar-refractivity contribution >= 4 is 40.7 Å². The summed E-state index contributed by atoms with van der Waals surface area (Å²) in [6.45, 7) is 4.14. The van der Waals surface area contributed by atoms with Crippen molar-refractivity contribution in [3.8, 4) is 0 Å². The lowest BCUT2D eigenvalue weighted by Crippen LogP contribution is -2.35. The summed E-state index contributed by atoms with van der Waals surface area (Å²) in [6.07, 6.45) is 1.62. The Morgan fingerprint density at radius 3 is 2.59 bits per heavy atom. The van der Waals surface area contributed by atoms with Gasteiger partial charge < -0.3 is 10.6 Å². The number of hydrogen-bond acceptors (Lipinski definition) is 4. The van der Waals surface area contributed by atoms with Crippen LogP contribution >= 0.6 is 23.2 Å². The molecule has 2 heterocycles. The zero-order valence-electron chi connectivity index (χ0n) is 15.9. The van der Waals surface area contributed by atoms with Gasteiger partial charge >= 0.3 is 11.8 Å². The first-order valence-corrected chi connectivity index (χ1v) is 9.57. The van der Waals surface area contributed by atoms with Gasteiger partial charge in [-0.05, 0) is 43.7 Å². The van der Waals surface area contributed by atoms with Crippen molar-refractivity contribution in [2.24, 2.45) is 0 Å². The second-order valence-electron chi connectivity index (χ2n) is 6.40. The second-order valence-corrected chi connectivity index (χ2v) is 7.24. The number of carbonyl (C=O) groups excluding carboxylic acids is 2. The van der Waals surface area contributed by atoms with Crippen LogP contribution in [0, 0.1) is 13.8 Å². The summed E-state index contributed by atoms with van der Waals surface area (Å²) in [4.78, 5) is 28.5. The van der Waals surface area contributed by atoms with Crippen LogP contribution in [0.4, 0.5) is 5.69 Å². The number of pyridine rings is 1. The van der Waals surface area contributed by atoms with E-state index in [0.29, 0.717) is 39.4 Å². The molecule has 0 aliphatic carbocycles. The average molecular weight is 432 g/mol. The number of rotatable bonds is 5. The number of nitrogens with zero attached hydrogens (tertiary/aromatic N) is 3. The predicted molar refractivity (Wildman–Crippen MR) is 112 cm³/mol. The van der Waals surface area contributed by atoms with Gasteiger partial charge in [0.25, 0.3) is 0 Å². The fourth-order valence-electron chi connectivity index (χ4n) is 2.77. The molecule has 0 saturated carbocycles. The lowest BCUT2D eigenvalue weighted by atomic mass is 10.2. The fraction of sp³-hybridized carbons (Fsp3) is 0.200. The van der Waals surface area contributed by atoms with Crippen molar-refractivity contribution in [1.29, 1.82) is 0 Å². The molecule has 0 atom stereocenters. The van der Waals surface area contributed by atoms with Gasteiger partial charge in [0.05, 0.1) is 35.9 Å². The highest BCUT2D eigenvalue weighted by Gasteiger charge is 2.19. The number of benzene rings is 1. The Hall–Kier alpha value is -2.90. The summed E-state index contributed by atoms with van der Waals surface area (Å²) in [7, 11) is 0. The molecule has 0 saturated heterocycles. The molecule has 0 aliphatic heterocycles. The van der Waals surface area contributed by atoms with Crippen LogP contribution in [0.1, 0.15) is 22.6 Å². The third kappa shape index (κ3) is 5.13. The van der Waals surface area contributed by atoms with Crippen LogP contribution in [-0.2, 0) is 22.7 Å². The topological polar surface area (TPSA) is 88.9 Å². The van der Waals surface area contributed by atoms with Gasteiger partial charge in [0.2, 0.25) is 0 Å². The molecule has 0 radical (unpaired) electrons. The van der Waals surface area contributed by atoms with Crippen LogP contribution < -0.4 is 10.6 Å². The van der Waals surface area contributed by atoms with E-state index in [2.05, 4.69) is 20.7 Å². The lowest BCUT2D eigenvalue weighted by Gasteiger charge is -2.09. The maximum Gasteiger partial charge on any atom is 0.313 e. The van der Waals surface area contributed by atoms with E-state index in [1.807, 2.05) is 19.1 Å². The van der Waals surface area contributed by atoms with Crippen LogP contribution in [0.2, 0.25) is 10.0 Å². The normalized spacial score (nSPS) is 10.6. The van der Waals surface area contributed by atoms with Gasteiger partial charge in [0.1, 0.15) is 0 Å². The number of anilines is 1. The first kappa shape index (κ1) is 20.8. The Labute approximate surface area is 178 Å². The number of aromatic nitrogens is 3. The molecule has 9 heteroatoms. The largest absolute Gasteiger partial charge is 0.342 e. The molecule has 0 unspecified atom stereocenters. The first-order chi connectivity index (χ1) is 13.8. The van der Waals surface area contributed by atoms with Gasteiger partial charge in [-0.1, -0.05) is 35.3 Å². The van der Waals surface area contributed by atoms with Gasteiger partial charge in [-0.25, -0.2) is 0 Å². The molecule has 2 amide bonds. The van der Waals surface area contributed by atoms with Crippen molar-refractivity contribution in [1.82, 2.24) is 20.1 Å². The Morgan fingerprint density at radius 1 is 1.10 bits per heavy atom. The van der Waals surface area contributed by atoms with Crippen LogP contribution in [0.3, 0.4) is 0 Å². The van der Waals surface area contributed by atoms with Gasteiger partial charge in [0.15, 0.2) is 0 Å². The maximum atomic E-state index is 12.3. The highest BCUT2D eigenvalue weighted by atomic mass is 35.5. The molecule has 0 aliphatic rings. The molecule has 2 aromatic heterocycles. The summed E-state index contributed by atoms with van der Waals surface area (Å²) in [5.74, 6) is -1.51. The van der Waals surface area contributed by atoms with Crippen LogP contribution in [0.25, 0.3) is 0 Å². The second kappa shape index (κ2) is 9.07. The first-order valence-electron chi connectivity index (χ1n) is 8.82. The molecule has 0 fully saturated rings. The van der Waals surface area contributed by atoms with Crippen molar-refractivity contribution < 1.29 is 9.59 Å². The minimum Gasteiger partial charge on any atom is -0.342 e. The summed E-state index contributed by atoms with van der Waals surface area (Å²) >= 11 is 12.2. The monoisotopic (exact) mass is 431 g/mol. The Bertz CT molecular complexity index is 1050. The Morgan fingerprint density at radius 2 is 1.90 bits per heavy atom. The molecular weight excluding hydrogens is 413 g/mol. The Kier molecular flexibility index (Phi) is 6.51. The number of aryl methyl sites for hydroxylation is 1. The van der Waals surface area contributed by atoms with Crippen molar-refractivity contribution in [3.63, 3.8) is 0 Å². The standard InChI is InChI=1S/C20H19Cl2N5O2/c1-12-18(25-20(29)19(28)24-10-16-5-3-4-8-23-16)13(2)27(26-12)11-14-6-7-15(21)9-17(14)22/h3-9H,10-11H2,1-2H3,(H,24,28)(H,25,29). The number of halogens is 2. The van der Waals surface area contributed by atoms with E-state index in [9.17, 15) is 9.59 Å². The molecule has 150 valence electrons. The van der Waals surface area contributed by atoms with E-state index in [1.54, 1.807) is 42.1 Å². The van der Waals surface area contributed by atoms with E-state index in [0.717, 1.165) is 5.56 Å². The van der Waals surface area contributed by atoms with E-state index in [-0.39, 0.29) is 6.54 Å². The molecule has 3 aromatic rings. The third-order valence-corrected chi connectivity index (χ3v) is 4.90. The van der Waals surface area contributed by atoms with Gasteiger partial charge in [0, 0.05) is 16.2 Å². The lowest BCUT2D eigenvalue weighted by molar-refractivity contribution is -0.136. The van der Waals surface area contributed by atoms with Gasteiger partial charge in [-0.2, -0.15) is 5.10 Å².